The van der Waals surface area contributed by atoms with Crippen LogP contribution in [0.15, 0.2) is 0 Å². The van der Waals surface area contributed by atoms with Crippen LogP contribution >= 0.6 is 0 Å². The van der Waals surface area contributed by atoms with Crippen molar-refractivity contribution in [2.24, 2.45) is 0 Å². The molecular formula is H2Fe2Na2. The van der Waals surface area contributed by atoms with Gasteiger partial charge in [-0.2, -0.15) is 0 Å². The monoisotopic (exact) mass is 160 g/mol. The van der Waals surface area contributed by atoms with Gasteiger partial charge in [-0.3, -0.25) is 0 Å². The maximum Gasteiger partial charge on any atom is 1.00 e. The van der Waals surface area contributed by atoms with Gasteiger partial charge in [0.1, 0.15) is 0 Å². The largest absolute Gasteiger partial charge is 1.00 e. The second-order valence-electron chi connectivity index (χ2n) is 0. The van der Waals surface area contributed by atoms with E-state index in [1.807, 2.05) is 0 Å². The van der Waals surface area contributed by atoms with Gasteiger partial charge in [0, 0.05) is 34.1 Å². The standard InChI is InChI=1S/2Fe.2Na.2H/q;;2*+1;2*-1. The molecule has 0 saturated carbocycles. The molecule has 4 heteroatoms. The molecule has 0 radical (unpaired) electrons. The molecule has 0 aromatic rings. The van der Waals surface area contributed by atoms with Gasteiger partial charge in [0.15, 0.2) is 0 Å². The van der Waals surface area contributed by atoms with Crippen molar-refractivity contribution < 1.29 is 96.1 Å². The van der Waals surface area contributed by atoms with Crippen LogP contribution in [0.25, 0.3) is 0 Å². The summed E-state index contributed by atoms with van der Waals surface area (Å²) >= 11 is 0. The van der Waals surface area contributed by atoms with E-state index in [4.69, 9.17) is 0 Å². The zero-order valence-corrected chi connectivity index (χ0v) is 8.92. The van der Waals surface area contributed by atoms with Gasteiger partial charge in [-0.05, 0) is 0 Å². The van der Waals surface area contributed by atoms with E-state index in [2.05, 4.69) is 0 Å². The van der Waals surface area contributed by atoms with Crippen LogP contribution in [0.3, 0.4) is 0 Å². The Bertz CT molecular complexity index is 9.51. The summed E-state index contributed by atoms with van der Waals surface area (Å²) in [6, 6.07) is 0. The van der Waals surface area contributed by atoms with E-state index in [9.17, 15) is 0 Å². The SMILES string of the molecule is [Fe].[Fe].[H-].[H-].[Na+].[Na+]. The van der Waals surface area contributed by atoms with Crippen molar-refractivity contribution >= 4 is 0 Å². The molecule has 0 rings (SSSR count). The second-order valence-corrected chi connectivity index (χ2v) is 0. The first-order valence-electron chi connectivity index (χ1n) is 0. The molecule has 0 aromatic carbocycles. The third kappa shape index (κ3) is 8.90. The van der Waals surface area contributed by atoms with Crippen molar-refractivity contribution in [3.8, 4) is 0 Å². The van der Waals surface area contributed by atoms with Crippen LogP contribution in [-0.2, 0) is 34.1 Å². The maximum atomic E-state index is 0. The molecule has 0 nitrogen and oxygen atoms in total. The fourth-order valence-electron chi connectivity index (χ4n) is 0. The smallest absolute Gasteiger partial charge is 1.00 e. The van der Waals surface area contributed by atoms with E-state index in [-0.39, 0.29) is 96.1 Å². The van der Waals surface area contributed by atoms with Gasteiger partial charge >= 0.3 is 59.1 Å². The summed E-state index contributed by atoms with van der Waals surface area (Å²) in [5.41, 5.74) is 0. The van der Waals surface area contributed by atoms with Crippen molar-refractivity contribution in [3.05, 3.63) is 0 Å². The zero-order chi connectivity index (χ0) is 0. The molecule has 0 heterocycles. The van der Waals surface area contributed by atoms with Gasteiger partial charge in [-0.1, -0.05) is 0 Å². The molecule has 20 valence electrons. The van der Waals surface area contributed by atoms with Crippen LogP contribution in [0.1, 0.15) is 2.85 Å². The zero-order valence-electron chi connectivity index (χ0n) is 4.71. The van der Waals surface area contributed by atoms with Crippen LogP contribution < -0.4 is 59.1 Å². The normalized spacial score (nSPS) is 0. The van der Waals surface area contributed by atoms with Crippen LogP contribution in [0.2, 0.25) is 0 Å². The van der Waals surface area contributed by atoms with Gasteiger partial charge in [-0.15, -0.1) is 0 Å². The molecule has 0 N–H and O–H groups in total. The average molecular weight is 160 g/mol. The molecule has 0 spiro atoms. The summed E-state index contributed by atoms with van der Waals surface area (Å²) in [6.07, 6.45) is 0. The minimum Gasteiger partial charge on any atom is -1.00 e. The predicted molar refractivity (Wildman–Crippen MR) is 2.22 cm³/mol. The molecule has 0 aliphatic carbocycles. The molecule has 0 unspecified atom stereocenters. The first-order valence-corrected chi connectivity index (χ1v) is 0. The third-order valence-corrected chi connectivity index (χ3v) is 0. The van der Waals surface area contributed by atoms with E-state index < -0.39 is 0 Å². The quantitative estimate of drug-likeness (QED) is 0.309. The number of rotatable bonds is 0. The Morgan fingerprint density at radius 1 is 0.750 bits per heavy atom. The van der Waals surface area contributed by atoms with E-state index in [1.165, 1.54) is 0 Å². The summed E-state index contributed by atoms with van der Waals surface area (Å²) in [4.78, 5) is 0. The molecule has 0 saturated heterocycles. The van der Waals surface area contributed by atoms with Crippen LogP contribution in [-0.4, -0.2) is 0 Å². The molecule has 0 fully saturated rings. The topological polar surface area (TPSA) is 0 Å². The fourth-order valence-corrected chi connectivity index (χ4v) is 0. The number of hydrogen-bond donors (Lipinski definition) is 0. The first-order chi connectivity index (χ1) is 0. The van der Waals surface area contributed by atoms with Gasteiger partial charge in [0.2, 0.25) is 0 Å². The molecule has 0 aliphatic rings. The maximum absolute atomic E-state index is 0. The minimum absolute atomic E-state index is 0. The van der Waals surface area contributed by atoms with Crippen molar-refractivity contribution in [3.63, 3.8) is 0 Å². The summed E-state index contributed by atoms with van der Waals surface area (Å²) in [7, 11) is 0. The van der Waals surface area contributed by atoms with Gasteiger partial charge < -0.3 is 2.85 Å². The minimum atomic E-state index is 0. The van der Waals surface area contributed by atoms with Crippen LogP contribution in [0.4, 0.5) is 0 Å². The summed E-state index contributed by atoms with van der Waals surface area (Å²) in [6.45, 7) is 0. The number of hydrogen-bond acceptors (Lipinski definition) is 0. The van der Waals surface area contributed by atoms with E-state index in [1.54, 1.807) is 0 Å². The predicted octanol–water partition coefficient (Wildman–Crippen LogP) is -5.77. The Labute approximate surface area is 94.4 Å². The molecule has 0 aliphatic heterocycles. The molecule has 0 atom stereocenters. The molecular weight excluding hydrogens is 158 g/mol. The fraction of sp³-hybridized carbons (Fsp3) is 0. The van der Waals surface area contributed by atoms with Crippen LogP contribution in [0.5, 0.6) is 0 Å². The Hall–Kier alpha value is 3.04. The molecule has 4 heavy (non-hydrogen) atoms. The van der Waals surface area contributed by atoms with E-state index >= 15 is 0 Å². The summed E-state index contributed by atoms with van der Waals surface area (Å²) in [5.74, 6) is 0. The Morgan fingerprint density at radius 2 is 0.750 bits per heavy atom. The Kier molecular flexibility index (Phi) is 115. The second kappa shape index (κ2) is 16.6. The van der Waals surface area contributed by atoms with Crippen LogP contribution in [0, 0.1) is 0 Å². The Morgan fingerprint density at radius 3 is 0.750 bits per heavy atom. The van der Waals surface area contributed by atoms with Gasteiger partial charge in [0.05, 0.1) is 0 Å². The van der Waals surface area contributed by atoms with Crippen molar-refractivity contribution in [1.29, 1.82) is 0 Å². The molecule has 0 amide bonds. The molecule has 0 bridgehead atoms. The average Bonchev–Trinajstić information content (AvgIpc) is 0. The van der Waals surface area contributed by atoms with Crippen molar-refractivity contribution in [2.45, 2.75) is 0 Å². The molecule has 0 aromatic heterocycles. The summed E-state index contributed by atoms with van der Waals surface area (Å²) < 4.78 is 0. The van der Waals surface area contributed by atoms with Crippen molar-refractivity contribution in [2.75, 3.05) is 0 Å². The van der Waals surface area contributed by atoms with E-state index in [0.717, 1.165) is 0 Å². The van der Waals surface area contributed by atoms with Gasteiger partial charge in [-0.25, -0.2) is 0 Å². The first kappa shape index (κ1) is 27.8. The Balaban J connectivity index is 0. The van der Waals surface area contributed by atoms with Crippen molar-refractivity contribution in [1.82, 2.24) is 0 Å². The third-order valence-electron chi connectivity index (χ3n) is 0. The summed E-state index contributed by atoms with van der Waals surface area (Å²) in [5, 5.41) is 0. The van der Waals surface area contributed by atoms with Gasteiger partial charge in [0.25, 0.3) is 0 Å². The van der Waals surface area contributed by atoms with E-state index in [0.29, 0.717) is 0 Å².